The Kier molecular flexibility index (Phi) is 9.81. The molecule has 0 aliphatic carbocycles. The van der Waals surface area contributed by atoms with E-state index in [1.54, 1.807) is 39.5 Å². The first kappa shape index (κ1) is 26.0. The molecule has 0 bridgehead atoms. The van der Waals surface area contributed by atoms with Crippen molar-refractivity contribution in [2.24, 2.45) is 0 Å². The number of hydrogen-bond donors (Lipinski definition) is 1. The highest BCUT2D eigenvalue weighted by molar-refractivity contribution is 6.31. The van der Waals surface area contributed by atoms with Crippen LogP contribution in [0.25, 0.3) is 0 Å². The van der Waals surface area contributed by atoms with Crippen LogP contribution in [-0.4, -0.2) is 81.2 Å². The molecular weight excluding hydrogens is 456 g/mol. The lowest BCUT2D eigenvalue weighted by Gasteiger charge is -2.36. The van der Waals surface area contributed by atoms with Crippen molar-refractivity contribution < 1.29 is 13.9 Å². The van der Waals surface area contributed by atoms with Gasteiger partial charge in [-0.3, -0.25) is 9.69 Å². The molecule has 1 aromatic heterocycles. The van der Waals surface area contributed by atoms with Crippen LogP contribution in [-0.2, 0) is 0 Å². The van der Waals surface area contributed by atoms with Crippen molar-refractivity contribution in [3.8, 4) is 5.75 Å². The largest absolute Gasteiger partial charge is 0.494 e. The Hall–Kier alpha value is -2.29. The number of carbonyl (C=O) groups is 1. The molecule has 3 rings (SSSR count). The number of ether oxygens (including phenoxy) is 1. The fourth-order valence-corrected chi connectivity index (χ4v) is 3.78. The van der Waals surface area contributed by atoms with E-state index < -0.39 is 0 Å². The molecule has 7 nitrogen and oxygen atoms in total. The lowest BCUT2D eigenvalue weighted by molar-refractivity contribution is 0.0828. The van der Waals surface area contributed by atoms with E-state index in [1.165, 1.54) is 17.0 Å². The van der Waals surface area contributed by atoms with E-state index in [2.05, 4.69) is 20.1 Å². The maximum atomic E-state index is 13.4. The topological polar surface area (TPSA) is 60.9 Å². The van der Waals surface area contributed by atoms with Crippen molar-refractivity contribution in [3.05, 3.63) is 46.9 Å². The minimum absolute atomic E-state index is 0. The third kappa shape index (κ3) is 6.60. The standard InChI is InChI=1S/C22H29ClFN5O2.ClH/c1-27(2)22(30)18-13-16(23)15-26-21(18)25-7-4-8-28-9-11-29(12-10-28)19-6-5-17(24)14-20(19)31-3;/h5-6,13-15H,4,7-12H2,1-3H3,(H,25,26);1H. The van der Waals surface area contributed by atoms with Gasteiger partial charge in [0.1, 0.15) is 17.4 Å². The Morgan fingerprint density at radius 3 is 2.62 bits per heavy atom. The highest BCUT2D eigenvalue weighted by atomic mass is 35.5. The van der Waals surface area contributed by atoms with Crippen molar-refractivity contribution in [1.29, 1.82) is 0 Å². The van der Waals surface area contributed by atoms with Crippen LogP contribution >= 0.6 is 24.0 Å². The molecule has 2 heterocycles. The highest BCUT2D eigenvalue weighted by Crippen LogP contribution is 2.29. The summed E-state index contributed by atoms with van der Waals surface area (Å²) in [5, 5.41) is 3.70. The van der Waals surface area contributed by atoms with E-state index in [0.29, 0.717) is 28.7 Å². The number of pyridine rings is 1. The molecular formula is C22H30Cl2FN5O2. The molecule has 1 saturated heterocycles. The van der Waals surface area contributed by atoms with Crippen LogP contribution in [0.5, 0.6) is 5.75 Å². The van der Waals surface area contributed by atoms with Crippen molar-refractivity contribution >= 4 is 41.4 Å². The fraction of sp³-hybridized carbons (Fsp3) is 0.455. The first-order valence-electron chi connectivity index (χ1n) is 10.3. The number of hydrogen-bond acceptors (Lipinski definition) is 6. The van der Waals surface area contributed by atoms with Crippen molar-refractivity contribution in [1.82, 2.24) is 14.8 Å². The van der Waals surface area contributed by atoms with Crippen LogP contribution in [0.4, 0.5) is 15.9 Å². The highest BCUT2D eigenvalue weighted by Gasteiger charge is 2.20. The maximum absolute atomic E-state index is 13.4. The Morgan fingerprint density at radius 1 is 1.25 bits per heavy atom. The van der Waals surface area contributed by atoms with E-state index in [4.69, 9.17) is 16.3 Å². The Balaban J connectivity index is 0.00000363. The summed E-state index contributed by atoms with van der Waals surface area (Å²) in [5.74, 6) is 0.690. The molecule has 32 heavy (non-hydrogen) atoms. The molecule has 1 aromatic carbocycles. The summed E-state index contributed by atoms with van der Waals surface area (Å²) in [6.07, 6.45) is 2.46. The molecule has 1 N–H and O–H groups in total. The number of methoxy groups -OCH3 is 1. The minimum atomic E-state index is -0.294. The zero-order valence-electron chi connectivity index (χ0n) is 18.6. The van der Waals surface area contributed by atoms with E-state index in [0.717, 1.165) is 44.8 Å². The summed E-state index contributed by atoms with van der Waals surface area (Å²) >= 11 is 6.01. The molecule has 10 heteroatoms. The van der Waals surface area contributed by atoms with Gasteiger partial charge >= 0.3 is 0 Å². The number of amides is 1. The first-order valence-corrected chi connectivity index (χ1v) is 10.7. The van der Waals surface area contributed by atoms with Gasteiger partial charge in [0, 0.05) is 59.1 Å². The van der Waals surface area contributed by atoms with E-state index in [-0.39, 0.29) is 24.1 Å². The third-order valence-electron chi connectivity index (χ3n) is 5.29. The number of nitrogens with zero attached hydrogens (tertiary/aromatic N) is 4. The third-order valence-corrected chi connectivity index (χ3v) is 5.50. The molecule has 0 unspecified atom stereocenters. The van der Waals surface area contributed by atoms with Crippen LogP contribution in [0.3, 0.4) is 0 Å². The molecule has 176 valence electrons. The second-order valence-corrected chi connectivity index (χ2v) is 8.11. The van der Waals surface area contributed by atoms with Crippen molar-refractivity contribution in [3.63, 3.8) is 0 Å². The molecule has 0 atom stereocenters. The number of anilines is 2. The van der Waals surface area contributed by atoms with Crippen LogP contribution in [0.15, 0.2) is 30.5 Å². The molecule has 2 aromatic rings. The Labute approximate surface area is 199 Å². The van der Waals surface area contributed by atoms with E-state index in [9.17, 15) is 9.18 Å². The van der Waals surface area contributed by atoms with Crippen LogP contribution in [0.1, 0.15) is 16.8 Å². The molecule has 1 amide bonds. The number of rotatable bonds is 8. The lowest BCUT2D eigenvalue weighted by Crippen LogP contribution is -2.47. The predicted molar refractivity (Wildman–Crippen MR) is 129 cm³/mol. The summed E-state index contributed by atoms with van der Waals surface area (Å²) in [6.45, 7) is 5.19. The van der Waals surface area contributed by atoms with E-state index in [1.807, 2.05) is 0 Å². The fourth-order valence-electron chi connectivity index (χ4n) is 3.62. The minimum Gasteiger partial charge on any atom is -0.494 e. The number of piperazine rings is 1. The zero-order chi connectivity index (χ0) is 22.4. The van der Waals surface area contributed by atoms with Crippen LogP contribution < -0.4 is 15.0 Å². The first-order chi connectivity index (χ1) is 14.9. The van der Waals surface area contributed by atoms with Crippen LogP contribution in [0, 0.1) is 5.82 Å². The van der Waals surface area contributed by atoms with Gasteiger partial charge in [0.05, 0.1) is 23.4 Å². The number of benzene rings is 1. The van der Waals surface area contributed by atoms with Gasteiger partial charge in [0.25, 0.3) is 5.91 Å². The summed E-state index contributed by atoms with van der Waals surface area (Å²) in [6, 6.07) is 6.31. The summed E-state index contributed by atoms with van der Waals surface area (Å²) in [4.78, 5) is 22.8. The molecule has 1 aliphatic heterocycles. The Bertz CT molecular complexity index is 908. The number of carbonyl (C=O) groups excluding carboxylic acids is 1. The van der Waals surface area contributed by atoms with Gasteiger partial charge in [-0.15, -0.1) is 12.4 Å². The summed E-state index contributed by atoms with van der Waals surface area (Å²) in [7, 11) is 4.97. The lowest BCUT2D eigenvalue weighted by atomic mass is 10.2. The molecule has 0 radical (unpaired) electrons. The summed E-state index contributed by atoms with van der Waals surface area (Å²) < 4.78 is 18.8. The number of aromatic nitrogens is 1. The normalized spacial score (nSPS) is 14.0. The number of nitrogens with one attached hydrogen (secondary N) is 1. The van der Waals surface area contributed by atoms with Crippen LogP contribution in [0.2, 0.25) is 5.02 Å². The van der Waals surface area contributed by atoms with Gasteiger partial charge in [0.15, 0.2) is 0 Å². The monoisotopic (exact) mass is 485 g/mol. The second kappa shape index (κ2) is 12.1. The second-order valence-electron chi connectivity index (χ2n) is 7.67. The van der Waals surface area contributed by atoms with Gasteiger partial charge in [-0.1, -0.05) is 11.6 Å². The van der Waals surface area contributed by atoms with E-state index >= 15 is 0 Å². The van der Waals surface area contributed by atoms with Gasteiger partial charge in [-0.2, -0.15) is 0 Å². The average Bonchev–Trinajstić information content (AvgIpc) is 2.77. The SMILES string of the molecule is COc1cc(F)ccc1N1CCN(CCCNc2ncc(Cl)cc2C(=O)N(C)C)CC1.Cl. The number of halogens is 3. The smallest absolute Gasteiger partial charge is 0.257 e. The molecule has 0 spiro atoms. The summed E-state index contributed by atoms with van der Waals surface area (Å²) in [5.41, 5.74) is 1.40. The Morgan fingerprint density at radius 2 is 1.97 bits per heavy atom. The quantitative estimate of drug-likeness (QED) is 0.576. The predicted octanol–water partition coefficient (Wildman–Crippen LogP) is 3.63. The van der Waals surface area contributed by atoms with Gasteiger partial charge in [-0.05, 0) is 31.2 Å². The van der Waals surface area contributed by atoms with Crippen molar-refractivity contribution in [2.45, 2.75) is 6.42 Å². The van der Waals surface area contributed by atoms with Gasteiger partial charge < -0.3 is 19.9 Å². The zero-order valence-corrected chi connectivity index (χ0v) is 20.2. The maximum Gasteiger partial charge on any atom is 0.257 e. The molecule has 1 aliphatic rings. The molecule has 0 saturated carbocycles. The average molecular weight is 486 g/mol. The van der Waals surface area contributed by atoms with Gasteiger partial charge in [-0.25, -0.2) is 9.37 Å². The van der Waals surface area contributed by atoms with Crippen molar-refractivity contribution in [2.75, 3.05) is 70.7 Å². The van der Waals surface area contributed by atoms with Gasteiger partial charge in [0.2, 0.25) is 0 Å². The molecule has 1 fully saturated rings.